The molecule has 1 aliphatic heterocycles. The zero-order valence-electron chi connectivity index (χ0n) is 19.9. The van der Waals surface area contributed by atoms with Gasteiger partial charge in [0.1, 0.15) is 0 Å². The Balaban J connectivity index is 1.34. The van der Waals surface area contributed by atoms with Crippen molar-refractivity contribution in [2.24, 2.45) is 5.92 Å². The Hall–Kier alpha value is -3.56. The van der Waals surface area contributed by atoms with Crippen molar-refractivity contribution in [3.8, 4) is 11.4 Å². The monoisotopic (exact) mass is 477 g/mol. The van der Waals surface area contributed by atoms with Crippen LogP contribution in [0.25, 0.3) is 11.4 Å². The van der Waals surface area contributed by atoms with Crippen molar-refractivity contribution in [2.75, 3.05) is 38.7 Å². The van der Waals surface area contributed by atoms with Gasteiger partial charge in [0.15, 0.2) is 0 Å². The number of hydrogen-bond donors (Lipinski definition) is 2. The largest absolute Gasteiger partial charge is 0.385 e. The van der Waals surface area contributed by atoms with Gasteiger partial charge in [0.2, 0.25) is 17.6 Å². The molecule has 9 nitrogen and oxygen atoms in total. The summed E-state index contributed by atoms with van der Waals surface area (Å²) in [5.41, 5.74) is 1.87. The summed E-state index contributed by atoms with van der Waals surface area (Å²) in [5, 5.41) is 9.93. The second-order valence-electron chi connectivity index (χ2n) is 8.59. The van der Waals surface area contributed by atoms with Gasteiger partial charge in [-0.05, 0) is 37.9 Å². The molecule has 1 aliphatic rings. The number of aromatic nitrogens is 2. The molecule has 35 heavy (non-hydrogen) atoms. The molecule has 1 unspecified atom stereocenters. The summed E-state index contributed by atoms with van der Waals surface area (Å²) in [6.07, 6.45) is 2.40. The summed E-state index contributed by atoms with van der Waals surface area (Å²) in [6, 6.07) is 16.8. The van der Waals surface area contributed by atoms with Gasteiger partial charge in [0.25, 0.3) is 5.91 Å². The van der Waals surface area contributed by atoms with Crippen molar-refractivity contribution in [2.45, 2.75) is 25.8 Å². The Kier molecular flexibility index (Phi) is 8.58. The first kappa shape index (κ1) is 24.6. The molecule has 1 fully saturated rings. The molecule has 0 aliphatic carbocycles. The van der Waals surface area contributed by atoms with E-state index in [0.717, 1.165) is 31.4 Å². The normalized spacial score (nSPS) is 16.1. The van der Waals surface area contributed by atoms with Crippen LogP contribution in [0.1, 0.15) is 35.5 Å². The molecule has 1 aromatic heterocycles. The number of methoxy groups -OCH3 is 1. The van der Waals surface area contributed by atoms with Gasteiger partial charge in [0, 0.05) is 32.4 Å². The molecule has 3 aromatic rings. The lowest BCUT2D eigenvalue weighted by atomic mass is 9.96. The number of anilines is 1. The van der Waals surface area contributed by atoms with E-state index in [1.807, 2.05) is 36.4 Å². The van der Waals surface area contributed by atoms with Crippen LogP contribution in [-0.4, -0.2) is 60.2 Å². The van der Waals surface area contributed by atoms with Crippen molar-refractivity contribution >= 4 is 17.5 Å². The molecule has 2 heterocycles. The zero-order chi connectivity index (χ0) is 24.5. The summed E-state index contributed by atoms with van der Waals surface area (Å²) in [4.78, 5) is 32.4. The molecule has 0 saturated carbocycles. The van der Waals surface area contributed by atoms with Crippen LogP contribution in [0.15, 0.2) is 59.1 Å². The quantitative estimate of drug-likeness (QED) is 0.431. The fourth-order valence-corrected chi connectivity index (χ4v) is 4.17. The molecule has 2 aromatic carbocycles. The summed E-state index contributed by atoms with van der Waals surface area (Å²) in [6.45, 7) is 3.01. The highest BCUT2D eigenvalue weighted by Crippen LogP contribution is 2.23. The van der Waals surface area contributed by atoms with E-state index in [0.29, 0.717) is 49.2 Å². The number of carbonyl (C=O) groups excluding carboxylic acids is 2. The maximum atomic E-state index is 13.1. The number of likely N-dealkylation sites (tertiary alicyclic amines) is 1. The number of carbonyl (C=O) groups is 2. The van der Waals surface area contributed by atoms with Gasteiger partial charge >= 0.3 is 0 Å². The molecule has 4 rings (SSSR count). The number of hydrogen-bond acceptors (Lipinski definition) is 7. The molecule has 0 spiro atoms. The highest BCUT2D eigenvalue weighted by molar-refractivity contribution is 6.04. The lowest BCUT2D eigenvalue weighted by Crippen LogP contribution is -2.40. The van der Waals surface area contributed by atoms with E-state index >= 15 is 0 Å². The first-order chi connectivity index (χ1) is 17.1. The Morgan fingerprint density at radius 2 is 1.94 bits per heavy atom. The van der Waals surface area contributed by atoms with E-state index in [1.165, 1.54) is 0 Å². The average molecular weight is 478 g/mol. The van der Waals surface area contributed by atoms with Crippen molar-refractivity contribution in [3.63, 3.8) is 0 Å². The van der Waals surface area contributed by atoms with Gasteiger partial charge < -0.3 is 19.9 Å². The third-order valence-corrected chi connectivity index (χ3v) is 5.98. The number of benzene rings is 2. The summed E-state index contributed by atoms with van der Waals surface area (Å²) < 4.78 is 10.5. The lowest BCUT2D eigenvalue weighted by molar-refractivity contribution is -0.121. The zero-order valence-corrected chi connectivity index (χ0v) is 19.9. The molecule has 1 atom stereocenters. The number of piperidine rings is 1. The van der Waals surface area contributed by atoms with Crippen LogP contribution in [0.4, 0.5) is 5.69 Å². The van der Waals surface area contributed by atoms with Crippen molar-refractivity contribution in [3.05, 3.63) is 66.1 Å². The van der Waals surface area contributed by atoms with Gasteiger partial charge in [-0.2, -0.15) is 4.98 Å². The minimum Gasteiger partial charge on any atom is -0.385 e. The molecular weight excluding hydrogens is 446 g/mol. The van der Waals surface area contributed by atoms with E-state index < -0.39 is 0 Å². The van der Waals surface area contributed by atoms with E-state index in [4.69, 9.17) is 9.26 Å². The number of amides is 2. The van der Waals surface area contributed by atoms with Gasteiger partial charge in [-0.1, -0.05) is 47.6 Å². The second-order valence-corrected chi connectivity index (χ2v) is 8.59. The minimum absolute atomic E-state index is 0.0927. The fraction of sp³-hybridized carbons (Fsp3) is 0.385. The van der Waals surface area contributed by atoms with Crippen molar-refractivity contribution in [1.29, 1.82) is 0 Å². The third kappa shape index (κ3) is 6.74. The number of ether oxygens (including phenoxy) is 1. The molecule has 1 saturated heterocycles. The molecule has 9 heteroatoms. The predicted molar refractivity (Wildman–Crippen MR) is 132 cm³/mol. The molecular formula is C26H31N5O4. The highest BCUT2D eigenvalue weighted by Gasteiger charge is 2.27. The standard InChI is InChI=1S/C26H31N5O4/c1-34-16-8-14-27-26(33)21-12-5-6-13-22(21)28-25(32)20-11-7-15-31(17-20)18-23-29-24(30-35-23)19-9-3-2-4-10-19/h2-6,9-10,12-13,20H,7-8,11,14-18H2,1H3,(H,27,33)(H,28,32). The Morgan fingerprint density at radius 3 is 2.77 bits per heavy atom. The Morgan fingerprint density at radius 1 is 1.14 bits per heavy atom. The SMILES string of the molecule is COCCCNC(=O)c1ccccc1NC(=O)C1CCCN(Cc2nc(-c3ccccc3)no2)C1. The first-order valence-corrected chi connectivity index (χ1v) is 11.9. The lowest BCUT2D eigenvalue weighted by Gasteiger charge is -2.31. The van der Waals surface area contributed by atoms with Gasteiger partial charge in [-0.25, -0.2) is 0 Å². The highest BCUT2D eigenvalue weighted by atomic mass is 16.5. The van der Waals surface area contributed by atoms with Gasteiger partial charge in [0.05, 0.1) is 23.7 Å². The number of para-hydroxylation sites is 1. The maximum absolute atomic E-state index is 13.1. The van der Waals surface area contributed by atoms with Crippen LogP contribution in [-0.2, 0) is 16.1 Å². The van der Waals surface area contributed by atoms with E-state index in [-0.39, 0.29) is 17.7 Å². The first-order valence-electron chi connectivity index (χ1n) is 11.9. The predicted octanol–water partition coefficient (Wildman–Crippen LogP) is 3.35. The van der Waals surface area contributed by atoms with Crippen molar-refractivity contribution < 1.29 is 18.8 Å². The second kappa shape index (κ2) is 12.2. The van der Waals surface area contributed by atoms with Crippen LogP contribution in [0.3, 0.4) is 0 Å². The van der Waals surface area contributed by atoms with E-state index in [2.05, 4.69) is 25.7 Å². The number of nitrogens with one attached hydrogen (secondary N) is 2. The molecule has 0 radical (unpaired) electrons. The maximum Gasteiger partial charge on any atom is 0.253 e. The third-order valence-electron chi connectivity index (χ3n) is 5.98. The Labute approximate surface area is 204 Å². The molecule has 2 amide bonds. The number of rotatable bonds is 10. The van der Waals surface area contributed by atoms with Crippen molar-refractivity contribution in [1.82, 2.24) is 20.4 Å². The van der Waals surface area contributed by atoms with Gasteiger partial charge in [-0.3, -0.25) is 14.5 Å². The molecule has 0 bridgehead atoms. The molecule has 184 valence electrons. The van der Waals surface area contributed by atoms with E-state index in [1.54, 1.807) is 25.3 Å². The summed E-state index contributed by atoms with van der Waals surface area (Å²) >= 11 is 0. The van der Waals surface area contributed by atoms with E-state index in [9.17, 15) is 9.59 Å². The molecule has 2 N–H and O–H groups in total. The van der Waals surface area contributed by atoms with Crippen LogP contribution in [0, 0.1) is 5.92 Å². The average Bonchev–Trinajstić information content (AvgIpc) is 3.36. The van der Waals surface area contributed by atoms with Crippen LogP contribution < -0.4 is 10.6 Å². The Bertz CT molecular complexity index is 1120. The number of nitrogens with zero attached hydrogens (tertiary/aromatic N) is 3. The topological polar surface area (TPSA) is 110 Å². The smallest absolute Gasteiger partial charge is 0.253 e. The van der Waals surface area contributed by atoms with Gasteiger partial charge in [-0.15, -0.1) is 0 Å². The van der Waals surface area contributed by atoms with Crippen LogP contribution >= 0.6 is 0 Å². The fourth-order valence-electron chi connectivity index (χ4n) is 4.17. The minimum atomic E-state index is -0.215. The summed E-state index contributed by atoms with van der Waals surface area (Å²) in [5.74, 6) is 0.584. The van der Waals surface area contributed by atoms with Crippen LogP contribution in [0.5, 0.6) is 0 Å². The van der Waals surface area contributed by atoms with Crippen LogP contribution in [0.2, 0.25) is 0 Å². The summed E-state index contributed by atoms with van der Waals surface area (Å²) in [7, 11) is 1.63.